The molecule has 1 atom stereocenters. The second-order valence-corrected chi connectivity index (χ2v) is 7.79. The Balaban J connectivity index is 1.56. The Morgan fingerprint density at radius 1 is 0.706 bits per heavy atom. The number of fused-ring (bicyclic) bond motifs is 1. The lowest BCUT2D eigenvalue weighted by molar-refractivity contribution is -0.118. The third kappa shape index (κ3) is 5.46. The van der Waals surface area contributed by atoms with Gasteiger partial charge in [0.25, 0.3) is 11.8 Å². The van der Waals surface area contributed by atoms with E-state index in [1.54, 1.807) is 41.9 Å². The highest BCUT2D eigenvalue weighted by Gasteiger charge is 2.22. The third-order valence-corrected chi connectivity index (χ3v) is 5.43. The van der Waals surface area contributed by atoms with E-state index in [1.165, 1.54) is 12.1 Å². The van der Waals surface area contributed by atoms with Crippen molar-refractivity contribution in [1.82, 2.24) is 10.8 Å². The Bertz CT molecular complexity index is 1320. The van der Waals surface area contributed by atoms with Crippen LogP contribution in [0.5, 0.6) is 0 Å². The van der Waals surface area contributed by atoms with Crippen LogP contribution in [0.1, 0.15) is 26.3 Å². The largest absolute Gasteiger partial charge is 0.340 e. The summed E-state index contributed by atoms with van der Waals surface area (Å²) in [5.74, 6) is -1.39. The molecule has 4 aromatic carbocycles. The topological polar surface area (TPSA) is 108 Å². The van der Waals surface area contributed by atoms with Gasteiger partial charge in [-0.15, -0.1) is 0 Å². The minimum absolute atomic E-state index is 0.241. The lowest BCUT2D eigenvalue weighted by atomic mass is 10.0. The van der Waals surface area contributed by atoms with Crippen LogP contribution < -0.4 is 16.1 Å². The van der Waals surface area contributed by atoms with Gasteiger partial charge in [0, 0.05) is 23.2 Å². The Morgan fingerprint density at radius 2 is 1.35 bits per heavy atom. The number of hydroxylamine groups is 1. The van der Waals surface area contributed by atoms with Gasteiger partial charge in [0.05, 0.1) is 0 Å². The standard InChI is InChI=1S/C27H23N3O4/c31-25(20-7-2-1-3-8-20)29-24(17-18-10-11-19-6-4-5-9-22(19)16-18)27(33)28-23-14-12-21(13-15-23)26(32)30-34/h1-16,24,34H,17H2,(H,28,33)(H,29,31)(H,30,32). The van der Waals surface area contributed by atoms with Gasteiger partial charge in [-0.3, -0.25) is 19.6 Å². The molecule has 0 radical (unpaired) electrons. The molecule has 7 nitrogen and oxygen atoms in total. The summed E-state index contributed by atoms with van der Waals surface area (Å²) < 4.78 is 0. The first-order valence-electron chi connectivity index (χ1n) is 10.7. The van der Waals surface area contributed by atoms with Crippen LogP contribution in [-0.4, -0.2) is 29.0 Å². The monoisotopic (exact) mass is 453 g/mol. The lowest BCUT2D eigenvalue weighted by Crippen LogP contribution is -2.45. The number of carbonyl (C=O) groups is 3. The smallest absolute Gasteiger partial charge is 0.274 e. The van der Waals surface area contributed by atoms with Crippen LogP contribution in [0.3, 0.4) is 0 Å². The Kier molecular flexibility index (Phi) is 6.95. The van der Waals surface area contributed by atoms with E-state index in [0.717, 1.165) is 16.3 Å². The van der Waals surface area contributed by atoms with Gasteiger partial charge in [-0.1, -0.05) is 60.7 Å². The van der Waals surface area contributed by atoms with Gasteiger partial charge in [0.15, 0.2) is 0 Å². The molecule has 0 saturated carbocycles. The zero-order valence-corrected chi connectivity index (χ0v) is 18.2. The number of rotatable bonds is 7. The highest BCUT2D eigenvalue weighted by molar-refractivity contribution is 6.01. The number of hydrogen-bond acceptors (Lipinski definition) is 4. The third-order valence-electron chi connectivity index (χ3n) is 5.43. The van der Waals surface area contributed by atoms with Crippen LogP contribution in [0.2, 0.25) is 0 Å². The van der Waals surface area contributed by atoms with E-state index in [0.29, 0.717) is 17.7 Å². The van der Waals surface area contributed by atoms with Gasteiger partial charge < -0.3 is 10.6 Å². The van der Waals surface area contributed by atoms with Crippen LogP contribution in [0, 0.1) is 0 Å². The van der Waals surface area contributed by atoms with Crippen LogP contribution in [0.25, 0.3) is 10.8 Å². The molecule has 4 N–H and O–H groups in total. The molecule has 0 aliphatic heterocycles. The fourth-order valence-corrected chi connectivity index (χ4v) is 3.64. The van der Waals surface area contributed by atoms with Gasteiger partial charge >= 0.3 is 0 Å². The van der Waals surface area contributed by atoms with Gasteiger partial charge in [0.1, 0.15) is 6.04 Å². The number of nitrogens with one attached hydrogen (secondary N) is 3. The Morgan fingerprint density at radius 3 is 2.06 bits per heavy atom. The van der Waals surface area contributed by atoms with Crippen molar-refractivity contribution in [1.29, 1.82) is 0 Å². The number of benzene rings is 4. The first-order valence-corrected chi connectivity index (χ1v) is 10.7. The molecule has 0 spiro atoms. The minimum Gasteiger partial charge on any atom is -0.340 e. The SMILES string of the molecule is O=C(NO)c1ccc(NC(=O)C(Cc2ccc3ccccc3c2)NC(=O)c2ccccc2)cc1. The maximum absolute atomic E-state index is 13.2. The molecule has 0 heterocycles. The van der Waals surface area contributed by atoms with E-state index >= 15 is 0 Å². The predicted molar refractivity (Wildman–Crippen MR) is 130 cm³/mol. The van der Waals surface area contributed by atoms with E-state index < -0.39 is 17.9 Å². The Hall–Kier alpha value is -4.49. The maximum Gasteiger partial charge on any atom is 0.274 e. The summed E-state index contributed by atoms with van der Waals surface area (Å²) in [4.78, 5) is 37.5. The number of amides is 3. The van der Waals surface area contributed by atoms with Crippen molar-refractivity contribution in [3.63, 3.8) is 0 Å². The predicted octanol–water partition coefficient (Wildman–Crippen LogP) is 3.94. The van der Waals surface area contributed by atoms with Crippen LogP contribution in [0.4, 0.5) is 5.69 Å². The molecule has 0 bridgehead atoms. The zero-order chi connectivity index (χ0) is 23.9. The van der Waals surface area contributed by atoms with Crippen LogP contribution in [-0.2, 0) is 11.2 Å². The summed E-state index contributed by atoms with van der Waals surface area (Å²) in [5, 5.41) is 16.5. The van der Waals surface area contributed by atoms with Gasteiger partial charge in [-0.25, -0.2) is 5.48 Å². The van der Waals surface area contributed by atoms with E-state index in [1.807, 2.05) is 48.5 Å². The summed E-state index contributed by atoms with van der Waals surface area (Å²) in [6.45, 7) is 0. The van der Waals surface area contributed by atoms with E-state index in [4.69, 9.17) is 5.21 Å². The van der Waals surface area contributed by atoms with E-state index in [-0.39, 0.29) is 11.5 Å². The van der Waals surface area contributed by atoms with Crippen molar-refractivity contribution in [2.75, 3.05) is 5.32 Å². The highest BCUT2D eigenvalue weighted by Crippen LogP contribution is 2.18. The van der Waals surface area contributed by atoms with Crippen molar-refractivity contribution in [3.8, 4) is 0 Å². The van der Waals surface area contributed by atoms with Crippen LogP contribution in [0.15, 0.2) is 97.1 Å². The molecule has 0 aliphatic rings. The first kappa shape index (κ1) is 22.7. The molecule has 0 aromatic heterocycles. The minimum atomic E-state index is -0.839. The number of anilines is 1. The first-order chi connectivity index (χ1) is 16.5. The maximum atomic E-state index is 13.2. The van der Waals surface area contributed by atoms with Gasteiger partial charge in [-0.2, -0.15) is 0 Å². The Labute approximate surface area is 196 Å². The number of carbonyl (C=O) groups excluding carboxylic acids is 3. The molecule has 34 heavy (non-hydrogen) atoms. The second-order valence-electron chi connectivity index (χ2n) is 7.79. The molecule has 3 amide bonds. The van der Waals surface area contributed by atoms with E-state index in [9.17, 15) is 14.4 Å². The number of hydrogen-bond donors (Lipinski definition) is 4. The normalized spacial score (nSPS) is 11.4. The molecular weight excluding hydrogens is 430 g/mol. The zero-order valence-electron chi connectivity index (χ0n) is 18.2. The summed E-state index contributed by atoms with van der Waals surface area (Å²) in [7, 11) is 0. The fraction of sp³-hybridized carbons (Fsp3) is 0.0741. The van der Waals surface area contributed by atoms with Crippen molar-refractivity contribution in [2.24, 2.45) is 0 Å². The van der Waals surface area contributed by atoms with Crippen molar-refractivity contribution >= 4 is 34.2 Å². The average Bonchev–Trinajstić information content (AvgIpc) is 2.88. The molecule has 0 saturated heterocycles. The molecule has 7 heteroatoms. The van der Waals surface area contributed by atoms with Crippen molar-refractivity contribution < 1.29 is 19.6 Å². The molecule has 4 rings (SSSR count). The quantitative estimate of drug-likeness (QED) is 0.251. The summed E-state index contributed by atoms with van der Waals surface area (Å²) >= 11 is 0. The average molecular weight is 453 g/mol. The van der Waals surface area contributed by atoms with Crippen molar-refractivity contribution in [2.45, 2.75) is 12.5 Å². The second kappa shape index (κ2) is 10.4. The fourth-order valence-electron chi connectivity index (χ4n) is 3.64. The van der Waals surface area contributed by atoms with Crippen LogP contribution >= 0.6 is 0 Å². The molecular formula is C27H23N3O4. The molecule has 0 aliphatic carbocycles. The summed E-state index contributed by atoms with van der Waals surface area (Å²) in [5.41, 5.74) is 3.62. The summed E-state index contributed by atoms with van der Waals surface area (Å²) in [6, 6.07) is 27.8. The van der Waals surface area contributed by atoms with Gasteiger partial charge in [0.2, 0.25) is 5.91 Å². The van der Waals surface area contributed by atoms with Gasteiger partial charge in [-0.05, 0) is 52.7 Å². The summed E-state index contributed by atoms with van der Waals surface area (Å²) in [6.07, 6.45) is 0.292. The lowest BCUT2D eigenvalue weighted by Gasteiger charge is -2.19. The highest BCUT2D eigenvalue weighted by atomic mass is 16.5. The molecule has 1 unspecified atom stereocenters. The van der Waals surface area contributed by atoms with E-state index in [2.05, 4.69) is 10.6 Å². The molecule has 4 aromatic rings. The molecule has 0 fully saturated rings. The molecule has 170 valence electrons. The van der Waals surface area contributed by atoms with Crippen molar-refractivity contribution in [3.05, 3.63) is 114 Å².